The van der Waals surface area contributed by atoms with E-state index in [1.165, 1.54) is 11.8 Å². The maximum atomic E-state index is 12.7. The second kappa shape index (κ2) is 11.0. The molecule has 0 unspecified atom stereocenters. The molecule has 1 saturated heterocycles. The zero-order valence-electron chi connectivity index (χ0n) is 16.7. The molecule has 1 N–H and O–H groups in total. The third-order valence-electron chi connectivity index (χ3n) is 4.36. The van der Waals surface area contributed by atoms with Crippen molar-refractivity contribution >= 4 is 75.1 Å². The number of anilines is 1. The van der Waals surface area contributed by atoms with Crippen LogP contribution < -0.4 is 5.32 Å². The standard InChI is InChI=1S/C23H20Cl2N2O2S2/c1-15(10-16-6-3-2-4-7-16)11-20-22(29)27(23(30)31-20)9-5-8-21(28)26-19-13-17(24)12-18(25)14-19/h2-4,6-7,10-14H,5,8-9H2,1H3,(H,26,28)/b15-10+,20-11-. The van der Waals surface area contributed by atoms with Crippen LogP contribution in [0.3, 0.4) is 0 Å². The van der Waals surface area contributed by atoms with Crippen LogP contribution in [0.4, 0.5) is 5.69 Å². The number of thioether (sulfide) groups is 1. The number of amides is 2. The second-order valence-corrected chi connectivity index (χ2v) is 9.49. The third-order valence-corrected chi connectivity index (χ3v) is 6.17. The van der Waals surface area contributed by atoms with Gasteiger partial charge in [0.25, 0.3) is 5.91 Å². The number of halogens is 2. The minimum absolute atomic E-state index is 0.127. The summed E-state index contributed by atoms with van der Waals surface area (Å²) in [6, 6.07) is 14.8. The third kappa shape index (κ3) is 6.94. The molecule has 3 rings (SSSR count). The van der Waals surface area contributed by atoms with Crippen molar-refractivity contribution in [3.63, 3.8) is 0 Å². The summed E-state index contributed by atoms with van der Waals surface area (Å²) in [6.45, 7) is 2.33. The number of benzene rings is 2. The van der Waals surface area contributed by atoms with Crippen LogP contribution in [0.2, 0.25) is 10.0 Å². The van der Waals surface area contributed by atoms with Gasteiger partial charge in [0.15, 0.2) is 0 Å². The highest BCUT2D eigenvalue weighted by atomic mass is 35.5. The van der Waals surface area contributed by atoms with E-state index in [1.54, 1.807) is 23.1 Å². The lowest BCUT2D eigenvalue weighted by Crippen LogP contribution is -2.29. The van der Waals surface area contributed by atoms with Crippen LogP contribution in [0.25, 0.3) is 6.08 Å². The van der Waals surface area contributed by atoms with Crippen molar-refractivity contribution in [3.8, 4) is 0 Å². The Bertz CT molecular complexity index is 1050. The Balaban J connectivity index is 1.54. The van der Waals surface area contributed by atoms with Crippen molar-refractivity contribution in [3.05, 3.63) is 80.7 Å². The summed E-state index contributed by atoms with van der Waals surface area (Å²) >= 11 is 18.5. The molecule has 0 radical (unpaired) electrons. The van der Waals surface area contributed by atoms with Crippen LogP contribution in [-0.2, 0) is 9.59 Å². The van der Waals surface area contributed by atoms with Gasteiger partial charge in [-0.25, -0.2) is 0 Å². The zero-order valence-corrected chi connectivity index (χ0v) is 19.9. The molecule has 0 bridgehead atoms. The van der Waals surface area contributed by atoms with Crippen molar-refractivity contribution in [2.75, 3.05) is 11.9 Å². The quantitative estimate of drug-likeness (QED) is 0.352. The summed E-state index contributed by atoms with van der Waals surface area (Å²) < 4.78 is 0.505. The molecule has 2 aromatic carbocycles. The van der Waals surface area contributed by atoms with Gasteiger partial charge in [0, 0.05) is 28.7 Å². The SMILES string of the molecule is CC(/C=C1\SC(=S)N(CCCC(=O)Nc2cc(Cl)cc(Cl)c2)C1=O)=C\c1ccccc1. The van der Waals surface area contributed by atoms with Crippen molar-refractivity contribution < 1.29 is 9.59 Å². The number of rotatable bonds is 7. The molecular formula is C23H20Cl2N2O2S2. The van der Waals surface area contributed by atoms with Crippen LogP contribution in [0, 0.1) is 0 Å². The van der Waals surface area contributed by atoms with Crippen molar-refractivity contribution in [1.82, 2.24) is 4.90 Å². The molecule has 0 spiro atoms. The number of carbonyl (C=O) groups is 2. The highest BCUT2D eigenvalue weighted by Gasteiger charge is 2.31. The van der Waals surface area contributed by atoms with E-state index in [0.717, 1.165) is 11.1 Å². The molecule has 0 aliphatic carbocycles. The Hall–Kier alpha value is -2.12. The number of allylic oxidation sites excluding steroid dienone is 2. The van der Waals surface area contributed by atoms with E-state index in [9.17, 15) is 9.59 Å². The van der Waals surface area contributed by atoms with E-state index in [1.807, 2.05) is 49.4 Å². The van der Waals surface area contributed by atoms with Gasteiger partial charge in [-0.05, 0) is 48.8 Å². The van der Waals surface area contributed by atoms with Gasteiger partial charge in [-0.15, -0.1) is 0 Å². The largest absolute Gasteiger partial charge is 0.326 e. The molecule has 2 amide bonds. The lowest BCUT2D eigenvalue weighted by molar-refractivity contribution is -0.122. The Morgan fingerprint density at radius 1 is 1.16 bits per heavy atom. The van der Waals surface area contributed by atoms with Crippen molar-refractivity contribution in [1.29, 1.82) is 0 Å². The zero-order chi connectivity index (χ0) is 22.4. The molecule has 2 aromatic rings. The van der Waals surface area contributed by atoms with Crippen LogP contribution in [0.5, 0.6) is 0 Å². The summed E-state index contributed by atoms with van der Waals surface area (Å²) in [4.78, 5) is 27.1. The van der Waals surface area contributed by atoms with Gasteiger partial charge in [-0.2, -0.15) is 0 Å². The van der Waals surface area contributed by atoms with E-state index in [4.69, 9.17) is 35.4 Å². The molecule has 1 heterocycles. The monoisotopic (exact) mass is 490 g/mol. The van der Waals surface area contributed by atoms with E-state index >= 15 is 0 Å². The van der Waals surface area contributed by atoms with Crippen LogP contribution >= 0.6 is 47.2 Å². The second-order valence-electron chi connectivity index (χ2n) is 6.94. The van der Waals surface area contributed by atoms with Gasteiger partial charge in [0.05, 0.1) is 4.91 Å². The van der Waals surface area contributed by atoms with Crippen molar-refractivity contribution in [2.45, 2.75) is 19.8 Å². The molecule has 0 atom stereocenters. The molecule has 1 aliphatic heterocycles. The fourth-order valence-corrected chi connectivity index (χ4v) is 4.89. The molecule has 1 aliphatic rings. The first-order valence-electron chi connectivity index (χ1n) is 9.56. The van der Waals surface area contributed by atoms with E-state index in [-0.39, 0.29) is 18.2 Å². The van der Waals surface area contributed by atoms with Crippen molar-refractivity contribution in [2.24, 2.45) is 0 Å². The predicted octanol–water partition coefficient (Wildman–Crippen LogP) is 6.56. The average Bonchev–Trinajstić information content (AvgIpc) is 2.95. The number of thiocarbonyl (C=S) groups is 1. The average molecular weight is 491 g/mol. The van der Waals surface area contributed by atoms with Gasteiger partial charge in [0.2, 0.25) is 5.91 Å². The number of nitrogens with one attached hydrogen (secondary N) is 1. The number of nitrogens with zero attached hydrogens (tertiary/aromatic N) is 1. The summed E-state index contributed by atoms with van der Waals surface area (Å²) in [7, 11) is 0. The van der Waals surface area contributed by atoms with E-state index < -0.39 is 0 Å². The maximum Gasteiger partial charge on any atom is 0.266 e. The number of carbonyl (C=O) groups excluding carboxylic acids is 2. The first kappa shape index (κ1) is 23.5. The van der Waals surface area contributed by atoms with Crippen LogP contribution in [0.1, 0.15) is 25.3 Å². The summed E-state index contributed by atoms with van der Waals surface area (Å²) in [6.07, 6.45) is 4.59. The number of hydrogen-bond acceptors (Lipinski definition) is 4. The maximum absolute atomic E-state index is 12.7. The summed E-state index contributed by atoms with van der Waals surface area (Å²) in [5, 5.41) is 3.66. The smallest absolute Gasteiger partial charge is 0.266 e. The predicted molar refractivity (Wildman–Crippen MR) is 134 cm³/mol. The van der Waals surface area contributed by atoms with Crippen LogP contribution in [-0.4, -0.2) is 27.6 Å². The minimum atomic E-state index is -0.180. The first-order valence-corrected chi connectivity index (χ1v) is 11.5. The fraction of sp³-hybridized carbons (Fsp3) is 0.174. The van der Waals surface area contributed by atoms with E-state index in [0.29, 0.717) is 37.9 Å². The molecule has 4 nitrogen and oxygen atoms in total. The summed E-state index contributed by atoms with van der Waals surface area (Å²) in [5.41, 5.74) is 2.57. The topological polar surface area (TPSA) is 49.4 Å². The fourth-order valence-electron chi connectivity index (χ4n) is 3.00. The Morgan fingerprint density at radius 3 is 2.52 bits per heavy atom. The van der Waals surface area contributed by atoms with Gasteiger partial charge in [0.1, 0.15) is 4.32 Å². The molecule has 1 fully saturated rings. The molecular weight excluding hydrogens is 471 g/mol. The Labute approximate surface area is 201 Å². The van der Waals surface area contributed by atoms with E-state index in [2.05, 4.69) is 5.32 Å². The highest BCUT2D eigenvalue weighted by molar-refractivity contribution is 8.26. The molecule has 0 aromatic heterocycles. The van der Waals surface area contributed by atoms with Crippen LogP contribution in [0.15, 0.2) is 65.1 Å². The van der Waals surface area contributed by atoms with Gasteiger partial charge in [-0.3, -0.25) is 14.5 Å². The molecule has 31 heavy (non-hydrogen) atoms. The lowest BCUT2D eigenvalue weighted by Gasteiger charge is -2.14. The number of hydrogen-bond donors (Lipinski definition) is 1. The van der Waals surface area contributed by atoms with Gasteiger partial charge in [-0.1, -0.05) is 83.6 Å². The van der Waals surface area contributed by atoms with Gasteiger partial charge >= 0.3 is 0 Å². The Morgan fingerprint density at radius 2 is 1.84 bits per heavy atom. The minimum Gasteiger partial charge on any atom is -0.326 e. The molecule has 0 saturated carbocycles. The normalized spacial score (nSPS) is 15.6. The first-order chi connectivity index (χ1) is 14.8. The van der Waals surface area contributed by atoms with Gasteiger partial charge < -0.3 is 5.32 Å². The molecule has 160 valence electrons. The summed E-state index contributed by atoms with van der Waals surface area (Å²) in [5.74, 6) is -0.307. The lowest BCUT2D eigenvalue weighted by atomic mass is 10.1. The Kier molecular flexibility index (Phi) is 8.32. The molecule has 8 heteroatoms. The highest BCUT2D eigenvalue weighted by Crippen LogP contribution is 2.32.